The van der Waals surface area contributed by atoms with E-state index < -0.39 is 11.9 Å². The standard InChI is InChI=1S/C27H35FN4O4/c1-35-21-10-6-9-19(13-21)16-25(33)32-27(29)31-23(14-18-7-4-3-5-8-18)26(34)30-17-20-11-12-22(28)24(15-20)36-2/h6,9-13,15,18,23H,3-5,7-8,14,16-17H2,1-2H3,(H,30,34)(H3,29,31,32,33). The number of halogens is 1. The van der Waals surface area contributed by atoms with Crippen LogP contribution < -0.4 is 25.8 Å². The lowest BCUT2D eigenvalue weighted by molar-refractivity contribution is -0.123. The number of benzene rings is 2. The van der Waals surface area contributed by atoms with Gasteiger partial charge in [0.1, 0.15) is 11.8 Å². The fourth-order valence-electron chi connectivity index (χ4n) is 4.43. The molecule has 9 heteroatoms. The average Bonchev–Trinajstić information content (AvgIpc) is 2.88. The van der Waals surface area contributed by atoms with E-state index in [9.17, 15) is 14.0 Å². The lowest BCUT2D eigenvalue weighted by Crippen LogP contribution is -2.42. The van der Waals surface area contributed by atoms with Gasteiger partial charge in [-0.25, -0.2) is 9.38 Å². The highest BCUT2D eigenvalue weighted by atomic mass is 19.1. The van der Waals surface area contributed by atoms with Crippen LogP contribution in [0, 0.1) is 11.7 Å². The van der Waals surface area contributed by atoms with Crippen LogP contribution in [0.15, 0.2) is 47.5 Å². The van der Waals surface area contributed by atoms with Gasteiger partial charge in [0.05, 0.1) is 20.6 Å². The van der Waals surface area contributed by atoms with Crippen molar-refractivity contribution in [1.82, 2.24) is 10.6 Å². The summed E-state index contributed by atoms with van der Waals surface area (Å²) in [6.45, 7) is 0.189. The van der Waals surface area contributed by atoms with Gasteiger partial charge in [-0.15, -0.1) is 0 Å². The molecule has 2 amide bonds. The summed E-state index contributed by atoms with van der Waals surface area (Å²) in [6.07, 6.45) is 6.18. The number of amides is 2. The van der Waals surface area contributed by atoms with Crippen molar-refractivity contribution in [3.63, 3.8) is 0 Å². The number of carbonyl (C=O) groups excluding carboxylic acids is 2. The van der Waals surface area contributed by atoms with Crippen molar-refractivity contribution >= 4 is 17.8 Å². The van der Waals surface area contributed by atoms with Crippen molar-refractivity contribution < 1.29 is 23.5 Å². The van der Waals surface area contributed by atoms with Gasteiger partial charge < -0.3 is 20.5 Å². The highest BCUT2D eigenvalue weighted by Gasteiger charge is 2.24. The number of nitrogens with two attached hydrogens (primary N) is 1. The maximum Gasteiger partial charge on any atom is 0.245 e. The summed E-state index contributed by atoms with van der Waals surface area (Å²) >= 11 is 0. The third-order valence-electron chi connectivity index (χ3n) is 6.33. The number of nitrogens with zero attached hydrogens (tertiary/aromatic N) is 1. The molecular weight excluding hydrogens is 463 g/mol. The fraction of sp³-hybridized carbons (Fsp3) is 0.444. The third-order valence-corrected chi connectivity index (χ3v) is 6.33. The number of aliphatic imine (C=N–C) groups is 1. The van der Waals surface area contributed by atoms with E-state index in [-0.39, 0.29) is 36.5 Å². The average molecular weight is 499 g/mol. The molecule has 4 N–H and O–H groups in total. The zero-order valence-electron chi connectivity index (χ0n) is 20.9. The second-order valence-corrected chi connectivity index (χ2v) is 9.03. The summed E-state index contributed by atoms with van der Waals surface area (Å²) in [5.41, 5.74) is 7.51. The molecule has 0 radical (unpaired) electrons. The minimum absolute atomic E-state index is 0.0951. The van der Waals surface area contributed by atoms with E-state index in [0.717, 1.165) is 31.2 Å². The highest BCUT2D eigenvalue weighted by Crippen LogP contribution is 2.28. The Balaban J connectivity index is 1.65. The van der Waals surface area contributed by atoms with Gasteiger partial charge in [0, 0.05) is 6.54 Å². The Bertz CT molecular complexity index is 1070. The first-order valence-electron chi connectivity index (χ1n) is 12.2. The Morgan fingerprint density at radius 2 is 1.86 bits per heavy atom. The Morgan fingerprint density at radius 1 is 1.08 bits per heavy atom. The third kappa shape index (κ3) is 8.25. The molecule has 1 fully saturated rings. The molecule has 2 aromatic rings. The van der Waals surface area contributed by atoms with Crippen LogP contribution >= 0.6 is 0 Å². The van der Waals surface area contributed by atoms with Crippen LogP contribution in [0.3, 0.4) is 0 Å². The second kappa shape index (κ2) is 13.5. The predicted molar refractivity (Wildman–Crippen MR) is 136 cm³/mol. The molecule has 0 spiro atoms. The van der Waals surface area contributed by atoms with Crippen molar-refractivity contribution in [3.8, 4) is 11.5 Å². The Hall–Kier alpha value is -3.62. The molecule has 1 saturated carbocycles. The number of carbonyl (C=O) groups is 2. The molecule has 1 aliphatic carbocycles. The molecule has 2 aromatic carbocycles. The van der Waals surface area contributed by atoms with Gasteiger partial charge >= 0.3 is 0 Å². The van der Waals surface area contributed by atoms with Gasteiger partial charge in [0.15, 0.2) is 17.5 Å². The van der Waals surface area contributed by atoms with Crippen LogP contribution in [0.4, 0.5) is 4.39 Å². The first kappa shape index (κ1) is 27.0. The maximum absolute atomic E-state index is 13.7. The number of guanidine groups is 1. The SMILES string of the molecule is COc1cccc(CC(=O)NC(N)=NC(CC2CCCCC2)C(=O)NCc2ccc(F)c(OC)c2)c1. The molecular formula is C27H35FN4O4. The summed E-state index contributed by atoms with van der Waals surface area (Å²) in [5, 5.41) is 5.46. The predicted octanol–water partition coefficient (Wildman–Crippen LogP) is 3.47. The van der Waals surface area contributed by atoms with Crippen LogP contribution in [0.5, 0.6) is 11.5 Å². The Kier molecular flexibility index (Phi) is 10.1. The molecule has 194 valence electrons. The minimum atomic E-state index is -0.743. The van der Waals surface area contributed by atoms with Crippen molar-refractivity contribution in [1.29, 1.82) is 0 Å². The zero-order chi connectivity index (χ0) is 25.9. The molecule has 1 aliphatic rings. The number of nitrogens with one attached hydrogen (secondary N) is 2. The van der Waals surface area contributed by atoms with Gasteiger partial charge in [-0.1, -0.05) is 50.3 Å². The van der Waals surface area contributed by atoms with Crippen LogP contribution in [-0.4, -0.2) is 38.0 Å². The minimum Gasteiger partial charge on any atom is -0.497 e. The molecule has 0 bridgehead atoms. The summed E-state index contributed by atoms with van der Waals surface area (Å²) in [6, 6.07) is 10.9. The summed E-state index contributed by atoms with van der Waals surface area (Å²) in [7, 11) is 2.95. The first-order chi connectivity index (χ1) is 17.4. The molecule has 1 unspecified atom stereocenters. The van der Waals surface area contributed by atoms with E-state index in [4.69, 9.17) is 15.2 Å². The van der Waals surface area contributed by atoms with Crippen molar-refractivity contribution in [2.45, 2.75) is 57.5 Å². The number of methoxy groups -OCH3 is 2. The van der Waals surface area contributed by atoms with Crippen molar-refractivity contribution in [3.05, 3.63) is 59.4 Å². The van der Waals surface area contributed by atoms with E-state index >= 15 is 0 Å². The normalized spacial score (nSPS) is 15.1. The molecule has 0 aliphatic heterocycles. The fourth-order valence-corrected chi connectivity index (χ4v) is 4.43. The zero-order valence-corrected chi connectivity index (χ0v) is 20.9. The van der Waals surface area contributed by atoms with Crippen LogP contribution in [0.1, 0.15) is 49.7 Å². The maximum atomic E-state index is 13.7. The molecule has 3 rings (SSSR count). The molecule has 8 nitrogen and oxygen atoms in total. The smallest absolute Gasteiger partial charge is 0.245 e. The highest BCUT2D eigenvalue weighted by molar-refractivity contribution is 5.98. The van der Waals surface area contributed by atoms with Crippen molar-refractivity contribution in [2.24, 2.45) is 16.6 Å². The van der Waals surface area contributed by atoms with E-state index in [0.29, 0.717) is 23.7 Å². The van der Waals surface area contributed by atoms with Gasteiger partial charge in [0.25, 0.3) is 0 Å². The van der Waals surface area contributed by atoms with Gasteiger partial charge in [-0.2, -0.15) is 0 Å². The van der Waals surface area contributed by atoms with Crippen LogP contribution in [0.25, 0.3) is 0 Å². The topological polar surface area (TPSA) is 115 Å². The largest absolute Gasteiger partial charge is 0.497 e. The van der Waals surface area contributed by atoms with Crippen LogP contribution in [-0.2, 0) is 22.6 Å². The number of hydrogen-bond donors (Lipinski definition) is 3. The first-order valence-corrected chi connectivity index (χ1v) is 12.2. The lowest BCUT2D eigenvalue weighted by atomic mass is 9.84. The quantitative estimate of drug-likeness (QED) is 0.343. The molecule has 36 heavy (non-hydrogen) atoms. The number of rotatable bonds is 10. The van der Waals surface area contributed by atoms with Gasteiger partial charge in [0.2, 0.25) is 11.8 Å². The summed E-state index contributed by atoms with van der Waals surface area (Å²) < 4.78 is 23.9. The van der Waals surface area contributed by atoms with Crippen LogP contribution in [0.2, 0.25) is 0 Å². The van der Waals surface area contributed by atoms with Gasteiger partial charge in [-0.3, -0.25) is 14.9 Å². The number of hydrogen-bond acceptors (Lipinski definition) is 5. The van der Waals surface area contributed by atoms with E-state index in [1.807, 2.05) is 6.07 Å². The second-order valence-electron chi connectivity index (χ2n) is 9.03. The molecule has 0 saturated heterocycles. The van der Waals surface area contributed by atoms with E-state index in [1.165, 1.54) is 19.6 Å². The molecule has 0 heterocycles. The van der Waals surface area contributed by atoms with E-state index in [2.05, 4.69) is 15.6 Å². The van der Waals surface area contributed by atoms with Gasteiger partial charge in [-0.05, 0) is 47.7 Å². The lowest BCUT2D eigenvalue weighted by Gasteiger charge is -2.24. The summed E-state index contributed by atoms with van der Waals surface area (Å²) in [5.74, 6) is -0.0587. The number of ether oxygens (including phenoxy) is 2. The Labute approximate surface area is 211 Å². The van der Waals surface area contributed by atoms with Crippen molar-refractivity contribution in [2.75, 3.05) is 14.2 Å². The molecule has 1 atom stereocenters. The molecule has 0 aromatic heterocycles. The summed E-state index contributed by atoms with van der Waals surface area (Å²) in [4.78, 5) is 30.0. The monoisotopic (exact) mass is 498 g/mol. The van der Waals surface area contributed by atoms with E-state index in [1.54, 1.807) is 37.4 Å². The Morgan fingerprint density at radius 3 is 2.58 bits per heavy atom.